The molecule has 0 bridgehead atoms. The van der Waals surface area contributed by atoms with Gasteiger partial charge in [0.2, 0.25) is 0 Å². The Morgan fingerprint density at radius 3 is 2.84 bits per heavy atom. The molecule has 0 unspecified atom stereocenters. The van der Waals surface area contributed by atoms with Crippen LogP contribution in [0.15, 0.2) is 29.1 Å². The average molecular weight is 256 g/mol. The number of nitriles is 1. The molecule has 0 saturated heterocycles. The molecule has 1 amide bonds. The zero-order valence-corrected chi connectivity index (χ0v) is 10.6. The molecule has 6 nitrogen and oxygen atoms in total. The Labute approximate surface area is 109 Å². The van der Waals surface area contributed by atoms with E-state index in [1.807, 2.05) is 6.07 Å². The standard InChI is InChI=1S/C13H12N4O2/c1-16(8-7-14)12(18)11-13(19)17(2)10-6-4-3-5-9(10)15-11/h3-6H,8H2,1-2H3. The van der Waals surface area contributed by atoms with Gasteiger partial charge in [0.1, 0.15) is 6.54 Å². The van der Waals surface area contributed by atoms with Gasteiger partial charge in [0, 0.05) is 14.1 Å². The number of benzene rings is 1. The zero-order chi connectivity index (χ0) is 14.0. The quantitative estimate of drug-likeness (QED) is 0.734. The molecule has 1 heterocycles. The highest BCUT2D eigenvalue weighted by molar-refractivity contribution is 5.93. The Kier molecular flexibility index (Phi) is 3.29. The molecule has 19 heavy (non-hydrogen) atoms. The monoisotopic (exact) mass is 256 g/mol. The van der Waals surface area contributed by atoms with Gasteiger partial charge in [-0.1, -0.05) is 12.1 Å². The largest absolute Gasteiger partial charge is 0.327 e. The fraction of sp³-hybridized carbons (Fsp3) is 0.231. The Morgan fingerprint density at radius 1 is 1.47 bits per heavy atom. The van der Waals surface area contributed by atoms with Crippen LogP contribution in [-0.2, 0) is 7.05 Å². The number of aryl methyl sites for hydroxylation is 1. The molecule has 0 radical (unpaired) electrons. The van der Waals surface area contributed by atoms with Crippen LogP contribution in [0.3, 0.4) is 0 Å². The first kappa shape index (κ1) is 12.8. The van der Waals surface area contributed by atoms with Crippen LogP contribution < -0.4 is 5.56 Å². The number of aromatic nitrogens is 2. The van der Waals surface area contributed by atoms with Gasteiger partial charge >= 0.3 is 0 Å². The summed E-state index contributed by atoms with van der Waals surface area (Å²) >= 11 is 0. The number of rotatable bonds is 2. The summed E-state index contributed by atoms with van der Waals surface area (Å²) in [5, 5.41) is 8.58. The minimum absolute atomic E-state index is 0.0868. The van der Waals surface area contributed by atoms with Crippen LogP contribution in [0, 0.1) is 11.3 Å². The lowest BCUT2D eigenvalue weighted by Gasteiger charge is -2.13. The summed E-state index contributed by atoms with van der Waals surface area (Å²) in [5.74, 6) is -0.548. The van der Waals surface area contributed by atoms with Crippen LogP contribution in [0.25, 0.3) is 11.0 Å². The van der Waals surface area contributed by atoms with Gasteiger partial charge in [0.25, 0.3) is 11.5 Å². The maximum absolute atomic E-state index is 12.1. The van der Waals surface area contributed by atoms with Gasteiger partial charge in [0.05, 0.1) is 17.1 Å². The van der Waals surface area contributed by atoms with Crippen molar-refractivity contribution < 1.29 is 4.79 Å². The highest BCUT2D eigenvalue weighted by atomic mass is 16.2. The molecule has 2 aromatic rings. The summed E-state index contributed by atoms with van der Waals surface area (Å²) in [6.07, 6.45) is 0. The first-order valence-electron chi connectivity index (χ1n) is 5.64. The summed E-state index contributed by atoms with van der Waals surface area (Å²) in [4.78, 5) is 29.4. The summed E-state index contributed by atoms with van der Waals surface area (Å²) in [6.45, 7) is -0.0868. The van der Waals surface area contributed by atoms with Gasteiger partial charge in [-0.3, -0.25) is 9.59 Å². The van der Waals surface area contributed by atoms with Crippen molar-refractivity contribution in [1.29, 1.82) is 5.26 Å². The van der Waals surface area contributed by atoms with E-state index in [9.17, 15) is 9.59 Å². The van der Waals surface area contributed by atoms with Gasteiger partial charge in [-0.25, -0.2) is 4.98 Å². The van der Waals surface area contributed by atoms with E-state index in [0.717, 1.165) is 0 Å². The molecule has 0 saturated carbocycles. The molecule has 0 N–H and O–H groups in total. The number of fused-ring (bicyclic) bond motifs is 1. The van der Waals surface area contributed by atoms with E-state index in [4.69, 9.17) is 5.26 Å². The van der Waals surface area contributed by atoms with Crippen LogP contribution >= 0.6 is 0 Å². The Balaban J connectivity index is 2.63. The smallest absolute Gasteiger partial charge is 0.282 e. The second kappa shape index (κ2) is 4.90. The predicted octanol–water partition coefficient (Wildman–Crippen LogP) is 0.529. The van der Waals surface area contributed by atoms with Gasteiger partial charge in [-0.2, -0.15) is 5.26 Å². The summed E-state index contributed by atoms with van der Waals surface area (Å²) in [7, 11) is 3.05. The van der Waals surface area contributed by atoms with E-state index in [0.29, 0.717) is 11.0 Å². The molecular formula is C13H12N4O2. The van der Waals surface area contributed by atoms with E-state index in [2.05, 4.69) is 4.98 Å². The van der Waals surface area contributed by atoms with E-state index in [1.54, 1.807) is 31.3 Å². The molecule has 1 aromatic heterocycles. The van der Waals surface area contributed by atoms with Gasteiger partial charge in [0.15, 0.2) is 5.69 Å². The van der Waals surface area contributed by atoms with Crippen molar-refractivity contribution in [3.05, 3.63) is 40.3 Å². The average Bonchev–Trinajstić information content (AvgIpc) is 2.42. The van der Waals surface area contributed by atoms with Crippen molar-refractivity contribution in [2.24, 2.45) is 7.05 Å². The lowest BCUT2D eigenvalue weighted by molar-refractivity contribution is 0.0804. The predicted molar refractivity (Wildman–Crippen MR) is 69.6 cm³/mol. The molecule has 0 atom stereocenters. The molecule has 0 aliphatic heterocycles. The number of amides is 1. The number of carbonyl (C=O) groups excluding carboxylic acids is 1. The van der Waals surface area contributed by atoms with E-state index in [-0.39, 0.29) is 12.2 Å². The van der Waals surface area contributed by atoms with E-state index in [1.165, 1.54) is 16.5 Å². The summed E-state index contributed by atoms with van der Waals surface area (Å²) in [6, 6.07) is 8.93. The minimum Gasteiger partial charge on any atom is -0.327 e. The third-order valence-corrected chi connectivity index (χ3v) is 2.84. The number of para-hydroxylation sites is 2. The molecule has 0 aliphatic rings. The Hall–Kier alpha value is -2.68. The van der Waals surface area contributed by atoms with Crippen molar-refractivity contribution in [3.63, 3.8) is 0 Å². The van der Waals surface area contributed by atoms with Crippen molar-refractivity contribution in [1.82, 2.24) is 14.5 Å². The lowest BCUT2D eigenvalue weighted by Crippen LogP contribution is -2.35. The normalized spacial score (nSPS) is 10.2. The van der Waals surface area contributed by atoms with E-state index < -0.39 is 11.5 Å². The van der Waals surface area contributed by atoms with Crippen LogP contribution in [0.4, 0.5) is 0 Å². The van der Waals surface area contributed by atoms with Crippen LogP contribution in [0.1, 0.15) is 10.5 Å². The Morgan fingerprint density at radius 2 is 2.16 bits per heavy atom. The maximum Gasteiger partial charge on any atom is 0.282 e. The van der Waals surface area contributed by atoms with Crippen LogP contribution in [0.2, 0.25) is 0 Å². The highest BCUT2D eigenvalue weighted by Gasteiger charge is 2.19. The zero-order valence-electron chi connectivity index (χ0n) is 10.6. The third kappa shape index (κ3) is 2.18. The molecule has 6 heteroatoms. The van der Waals surface area contributed by atoms with Crippen LogP contribution in [0.5, 0.6) is 0 Å². The highest BCUT2D eigenvalue weighted by Crippen LogP contribution is 2.09. The molecule has 1 aromatic carbocycles. The van der Waals surface area contributed by atoms with Gasteiger partial charge < -0.3 is 9.47 Å². The number of nitrogens with zero attached hydrogens (tertiary/aromatic N) is 4. The van der Waals surface area contributed by atoms with E-state index >= 15 is 0 Å². The molecule has 0 fully saturated rings. The van der Waals surface area contributed by atoms with Crippen molar-refractivity contribution in [2.75, 3.05) is 13.6 Å². The molecule has 0 spiro atoms. The van der Waals surface area contributed by atoms with Crippen molar-refractivity contribution in [2.45, 2.75) is 0 Å². The number of carbonyl (C=O) groups is 1. The van der Waals surface area contributed by atoms with Gasteiger partial charge in [-0.15, -0.1) is 0 Å². The third-order valence-electron chi connectivity index (χ3n) is 2.84. The van der Waals surface area contributed by atoms with Crippen molar-refractivity contribution >= 4 is 16.9 Å². The fourth-order valence-corrected chi connectivity index (χ4v) is 1.78. The second-order valence-electron chi connectivity index (χ2n) is 4.13. The first-order chi connectivity index (χ1) is 9.06. The van der Waals surface area contributed by atoms with Gasteiger partial charge in [-0.05, 0) is 12.1 Å². The number of hydrogen-bond acceptors (Lipinski definition) is 4. The second-order valence-corrected chi connectivity index (χ2v) is 4.13. The molecule has 96 valence electrons. The SMILES string of the molecule is CN(CC#N)C(=O)c1nc2ccccc2n(C)c1=O. The molecular weight excluding hydrogens is 244 g/mol. The molecule has 2 rings (SSSR count). The minimum atomic E-state index is -0.548. The molecule has 0 aliphatic carbocycles. The summed E-state index contributed by atoms with van der Waals surface area (Å²) in [5.41, 5.74) is 0.595. The summed E-state index contributed by atoms with van der Waals surface area (Å²) < 4.78 is 1.38. The fourth-order valence-electron chi connectivity index (χ4n) is 1.78. The topological polar surface area (TPSA) is 79.0 Å². The number of hydrogen-bond donors (Lipinski definition) is 0. The maximum atomic E-state index is 12.1. The van der Waals surface area contributed by atoms with Crippen LogP contribution in [-0.4, -0.2) is 34.0 Å². The Bertz CT molecular complexity index is 742. The lowest BCUT2D eigenvalue weighted by atomic mass is 10.2. The van der Waals surface area contributed by atoms with Crippen molar-refractivity contribution in [3.8, 4) is 6.07 Å². The first-order valence-corrected chi connectivity index (χ1v) is 5.64.